The maximum atomic E-state index is 12.4. The molecule has 5 rings (SSSR count). The summed E-state index contributed by atoms with van der Waals surface area (Å²) in [5, 5.41) is 10.1. The molecule has 0 aromatic heterocycles. The molecule has 0 bridgehead atoms. The quantitative estimate of drug-likeness (QED) is 0.590. The van der Waals surface area contributed by atoms with Gasteiger partial charge < -0.3 is 9.84 Å². The Morgan fingerprint density at radius 2 is 2.04 bits per heavy atom. The van der Waals surface area contributed by atoms with Crippen molar-refractivity contribution in [2.24, 2.45) is 28.6 Å². The molecule has 24 heavy (non-hydrogen) atoms. The number of hydrogen-bond acceptors (Lipinski definition) is 3. The highest BCUT2D eigenvalue weighted by Crippen LogP contribution is 2.73. The molecule has 0 spiro atoms. The summed E-state index contributed by atoms with van der Waals surface area (Å²) in [6.45, 7) is 6.54. The number of epoxide rings is 1. The third-order valence-electron chi connectivity index (χ3n) is 9.03. The van der Waals surface area contributed by atoms with Crippen molar-refractivity contribution >= 4 is 5.78 Å². The Bertz CT molecular complexity index is 639. The monoisotopic (exact) mass is 330 g/mol. The van der Waals surface area contributed by atoms with Crippen LogP contribution in [0.5, 0.6) is 0 Å². The van der Waals surface area contributed by atoms with Crippen LogP contribution in [0.1, 0.15) is 65.7 Å². The lowest BCUT2D eigenvalue weighted by Crippen LogP contribution is -2.54. The van der Waals surface area contributed by atoms with Gasteiger partial charge in [0.25, 0.3) is 0 Å². The molecule has 5 aliphatic rings. The van der Waals surface area contributed by atoms with Gasteiger partial charge in [-0.2, -0.15) is 0 Å². The summed E-state index contributed by atoms with van der Waals surface area (Å²) in [7, 11) is 0. The fourth-order valence-electron chi connectivity index (χ4n) is 7.71. The predicted molar refractivity (Wildman–Crippen MR) is 91.4 cm³/mol. The summed E-state index contributed by atoms with van der Waals surface area (Å²) in [4.78, 5) is 12.4. The molecule has 0 radical (unpaired) electrons. The summed E-state index contributed by atoms with van der Waals surface area (Å²) in [5.41, 5.74) is 1.39. The topological polar surface area (TPSA) is 49.8 Å². The zero-order valence-corrected chi connectivity index (χ0v) is 15.2. The van der Waals surface area contributed by atoms with E-state index in [2.05, 4.69) is 19.9 Å². The van der Waals surface area contributed by atoms with Crippen molar-refractivity contribution in [2.45, 2.75) is 83.5 Å². The van der Waals surface area contributed by atoms with Gasteiger partial charge in [-0.15, -0.1) is 0 Å². The van der Waals surface area contributed by atoms with E-state index in [9.17, 15) is 9.90 Å². The first-order valence-electron chi connectivity index (χ1n) is 9.89. The van der Waals surface area contributed by atoms with E-state index in [0.29, 0.717) is 11.8 Å². The van der Waals surface area contributed by atoms with Crippen LogP contribution in [0, 0.1) is 28.6 Å². The maximum absolute atomic E-state index is 12.4. The highest BCUT2D eigenvalue weighted by Gasteiger charge is 2.79. The van der Waals surface area contributed by atoms with Gasteiger partial charge in [0.2, 0.25) is 0 Å². The van der Waals surface area contributed by atoms with Crippen molar-refractivity contribution in [2.75, 3.05) is 0 Å². The molecule has 0 aromatic rings. The molecule has 0 amide bonds. The molecule has 4 aliphatic carbocycles. The van der Waals surface area contributed by atoms with Crippen molar-refractivity contribution in [3.63, 3.8) is 0 Å². The third-order valence-corrected chi connectivity index (χ3v) is 9.03. The summed E-state index contributed by atoms with van der Waals surface area (Å²) < 4.78 is 6.00. The van der Waals surface area contributed by atoms with Crippen molar-refractivity contribution in [1.29, 1.82) is 0 Å². The lowest BCUT2D eigenvalue weighted by atomic mass is 9.47. The van der Waals surface area contributed by atoms with Gasteiger partial charge in [0, 0.05) is 5.41 Å². The number of carbonyl (C=O) groups excluding carboxylic acids is 1. The van der Waals surface area contributed by atoms with E-state index in [1.807, 2.05) is 0 Å². The molecule has 1 heterocycles. The summed E-state index contributed by atoms with van der Waals surface area (Å²) in [6.07, 6.45) is 10.0. The van der Waals surface area contributed by atoms with E-state index in [0.717, 1.165) is 44.4 Å². The van der Waals surface area contributed by atoms with E-state index in [1.165, 1.54) is 12.0 Å². The number of Topliss-reactive ketones (excluding diaryl/α,β-unsaturated/α-hetero) is 1. The first kappa shape index (κ1) is 15.6. The average Bonchev–Trinajstić information content (AvgIpc) is 3.21. The standard InChI is InChI=1S/C21H30O3/c1-12(22)21-18(24-21)11-17-15-5-4-13-10-14(23)6-8-19(13,2)16(15)7-9-20(17,21)3/h4,14-18,23H,5-11H2,1-3H3/t14-,15+,16?,17?,18+,19-,20-,21+/m0/s1. The fourth-order valence-corrected chi connectivity index (χ4v) is 7.71. The highest BCUT2D eigenvalue weighted by molar-refractivity contribution is 5.90. The van der Waals surface area contributed by atoms with E-state index in [1.54, 1.807) is 6.92 Å². The molecule has 1 saturated heterocycles. The molecule has 3 saturated carbocycles. The minimum Gasteiger partial charge on any atom is -0.393 e. The molecular formula is C21H30O3. The number of ketones is 1. The fraction of sp³-hybridized carbons (Fsp3) is 0.857. The van der Waals surface area contributed by atoms with Crippen LogP contribution in [-0.4, -0.2) is 28.7 Å². The van der Waals surface area contributed by atoms with Gasteiger partial charge in [0.15, 0.2) is 11.4 Å². The Labute approximate surface area is 144 Å². The van der Waals surface area contributed by atoms with Crippen molar-refractivity contribution in [3.8, 4) is 0 Å². The smallest absolute Gasteiger partial charge is 0.164 e. The summed E-state index contributed by atoms with van der Waals surface area (Å²) in [5.74, 6) is 2.31. The first-order chi connectivity index (χ1) is 11.3. The Balaban J connectivity index is 1.51. The van der Waals surface area contributed by atoms with Crippen LogP contribution in [-0.2, 0) is 9.53 Å². The molecule has 0 aromatic carbocycles. The van der Waals surface area contributed by atoms with Crippen molar-refractivity contribution in [3.05, 3.63) is 11.6 Å². The molecule has 8 atom stereocenters. The number of rotatable bonds is 1. The summed E-state index contributed by atoms with van der Waals surface area (Å²) in [6, 6.07) is 0. The van der Waals surface area contributed by atoms with Gasteiger partial charge in [0.1, 0.15) is 0 Å². The second-order valence-electron chi connectivity index (χ2n) is 9.75. The van der Waals surface area contributed by atoms with Gasteiger partial charge >= 0.3 is 0 Å². The zero-order valence-electron chi connectivity index (χ0n) is 15.2. The number of aliphatic hydroxyl groups excluding tert-OH is 1. The zero-order chi connectivity index (χ0) is 16.9. The lowest BCUT2D eigenvalue weighted by molar-refractivity contribution is -0.135. The molecule has 3 nitrogen and oxygen atoms in total. The molecular weight excluding hydrogens is 300 g/mol. The number of aliphatic hydroxyl groups is 1. The Morgan fingerprint density at radius 1 is 1.25 bits per heavy atom. The molecule has 4 fully saturated rings. The van der Waals surface area contributed by atoms with Crippen LogP contribution in [0.2, 0.25) is 0 Å². The second kappa shape index (κ2) is 4.54. The molecule has 1 N–H and O–H groups in total. The molecule has 1 aliphatic heterocycles. The van der Waals surface area contributed by atoms with Gasteiger partial charge in [0.05, 0.1) is 12.2 Å². The maximum Gasteiger partial charge on any atom is 0.164 e. The minimum absolute atomic E-state index is 0.0422. The number of carbonyl (C=O) groups is 1. The van der Waals surface area contributed by atoms with Gasteiger partial charge in [-0.05, 0) is 75.0 Å². The number of ether oxygens (including phenoxy) is 1. The second-order valence-corrected chi connectivity index (χ2v) is 9.75. The van der Waals surface area contributed by atoms with Crippen molar-refractivity contribution in [1.82, 2.24) is 0 Å². The lowest BCUT2D eigenvalue weighted by Gasteiger charge is -2.58. The summed E-state index contributed by atoms with van der Waals surface area (Å²) >= 11 is 0. The third kappa shape index (κ3) is 1.60. The largest absolute Gasteiger partial charge is 0.393 e. The van der Waals surface area contributed by atoms with Crippen molar-refractivity contribution < 1.29 is 14.6 Å². The Hall–Kier alpha value is -0.670. The van der Waals surface area contributed by atoms with E-state index in [-0.39, 0.29) is 28.8 Å². The van der Waals surface area contributed by atoms with Crippen LogP contribution >= 0.6 is 0 Å². The van der Waals surface area contributed by atoms with E-state index < -0.39 is 5.60 Å². The SMILES string of the molecule is CC(=O)[C@@]12O[C@@H]1CC1[C@@H]3CC=C4C[C@@H](O)CC[C@]4(C)C3CC[C@@]12C. The van der Waals surface area contributed by atoms with Gasteiger partial charge in [-0.3, -0.25) is 4.79 Å². The van der Waals surface area contributed by atoms with E-state index >= 15 is 0 Å². The van der Waals surface area contributed by atoms with E-state index in [4.69, 9.17) is 4.74 Å². The average molecular weight is 330 g/mol. The van der Waals surface area contributed by atoms with Crippen LogP contribution in [0.4, 0.5) is 0 Å². The van der Waals surface area contributed by atoms with Crippen LogP contribution in [0.25, 0.3) is 0 Å². The Morgan fingerprint density at radius 3 is 2.79 bits per heavy atom. The minimum atomic E-state index is -0.448. The molecule has 132 valence electrons. The Kier molecular flexibility index (Phi) is 2.94. The highest BCUT2D eigenvalue weighted by atomic mass is 16.6. The van der Waals surface area contributed by atoms with Crippen LogP contribution in [0.15, 0.2) is 11.6 Å². The van der Waals surface area contributed by atoms with Gasteiger partial charge in [-0.25, -0.2) is 0 Å². The molecule has 3 heteroatoms. The number of allylic oxidation sites excluding steroid dienone is 1. The normalized spacial score (nSPS) is 58.0. The van der Waals surface area contributed by atoms with Gasteiger partial charge in [-0.1, -0.05) is 25.5 Å². The molecule has 2 unspecified atom stereocenters. The number of fused-ring (bicyclic) bond motifs is 7. The predicted octanol–water partition coefficient (Wildman–Crippen LogP) is 3.65. The first-order valence-corrected chi connectivity index (χ1v) is 9.89. The van der Waals surface area contributed by atoms with Crippen LogP contribution in [0.3, 0.4) is 0 Å². The van der Waals surface area contributed by atoms with Crippen LogP contribution < -0.4 is 0 Å². The number of hydrogen-bond donors (Lipinski definition) is 1.